The Morgan fingerprint density at radius 1 is 1.58 bits per heavy atom. The van der Waals surface area contributed by atoms with E-state index in [1.807, 2.05) is 0 Å². The summed E-state index contributed by atoms with van der Waals surface area (Å²) in [5, 5.41) is 9.17. The molecule has 1 N–H and O–H groups in total. The van der Waals surface area contributed by atoms with Crippen molar-refractivity contribution in [2.45, 2.75) is 19.4 Å². The summed E-state index contributed by atoms with van der Waals surface area (Å²) in [4.78, 5) is 0. The number of hydrogen-bond acceptors (Lipinski definition) is 4. The smallest absolute Gasteiger partial charge is 0.282 e. The minimum atomic E-state index is -3.47. The Kier molecular flexibility index (Phi) is 4.62. The highest BCUT2D eigenvalue weighted by Crippen LogP contribution is 2.21. The number of aliphatic hydroxyl groups excluding tert-OH is 1. The van der Waals surface area contributed by atoms with Gasteiger partial charge >= 0.3 is 0 Å². The highest BCUT2D eigenvalue weighted by atomic mass is 32.2. The first-order valence-electron chi connectivity index (χ1n) is 6.37. The highest BCUT2D eigenvalue weighted by molar-refractivity contribution is 7.86. The third-order valence-corrected chi connectivity index (χ3v) is 5.35. The topological polar surface area (TPSA) is 74.0 Å². The van der Waals surface area contributed by atoms with Gasteiger partial charge in [-0.1, -0.05) is 0 Å². The van der Waals surface area contributed by atoms with Gasteiger partial charge in [0.15, 0.2) is 0 Å². The quantitative estimate of drug-likeness (QED) is 0.864. The molecule has 0 radical (unpaired) electrons. The fourth-order valence-corrected chi connectivity index (χ4v) is 3.77. The van der Waals surface area contributed by atoms with Crippen LogP contribution in [-0.2, 0) is 16.8 Å². The van der Waals surface area contributed by atoms with Crippen LogP contribution in [0.15, 0.2) is 23.0 Å². The monoisotopic (exact) mass is 288 g/mol. The summed E-state index contributed by atoms with van der Waals surface area (Å²) in [6.07, 6.45) is 4.75. The second-order valence-corrected chi connectivity index (χ2v) is 6.98. The molecule has 7 heteroatoms. The SMILES string of the molecule is CN(Cc1ccoc1)S(=O)(=O)N1CCCC(CO)C1. The molecular weight excluding hydrogens is 268 g/mol. The molecule has 2 heterocycles. The van der Waals surface area contributed by atoms with Gasteiger partial charge in [0.25, 0.3) is 10.2 Å². The van der Waals surface area contributed by atoms with E-state index < -0.39 is 10.2 Å². The van der Waals surface area contributed by atoms with Gasteiger partial charge in [0.2, 0.25) is 0 Å². The predicted octanol–water partition coefficient (Wildman–Crippen LogP) is 0.661. The molecule has 1 unspecified atom stereocenters. The molecule has 1 aromatic heterocycles. The third kappa shape index (κ3) is 3.36. The van der Waals surface area contributed by atoms with Crippen molar-refractivity contribution in [3.8, 4) is 0 Å². The maximum Gasteiger partial charge on any atom is 0.282 e. The Balaban J connectivity index is 2.04. The van der Waals surface area contributed by atoms with E-state index in [2.05, 4.69) is 0 Å². The Hall–Kier alpha value is -0.890. The van der Waals surface area contributed by atoms with E-state index in [1.54, 1.807) is 19.4 Å². The maximum atomic E-state index is 12.4. The number of rotatable bonds is 5. The molecule has 0 saturated carbocycles. The van der Waals surface area contributed by atoms with Crippen molar-refractivity contribution >= 4 is 10.2 Å². The van der Waals surface area contributed by atoms with E-state index in [9.17, 15) is 13.5 Å². The largest absolute Gasteiger partial charge is 0.472 e. The van der Waals surface area contributed by atoms with Crippen LogP contribution in [-0.4, -0.2) is 48.9 Å². The maximum absolute atomic E-state index is 12.4. The molecule has 0 bridgehead atoms. The van der Waals surface area contributed by atoms with Crippen molar-refractivity contribution in [1.29, 1.82) is 0 Å². The first kappa shape index (κ1) is 14.5. The second kappa shape index (κ2) is 6.04. The summed E-state index contributed by atoms with van der Waals surface area (Å²) in [5.41, 5.74) is 0.821. The zero-order valence-corrected chi connectivity index (χ0v) is 11.8. The molecule has 0 amide bonds. The van der Waals surface area contributed by atoms with Crippen molar-refractivity contribution in [2.24, 2.45) is 5.92 Å². The number of hydrogen-bond donors (Lipinski definition) is 1. The lowest BCUT2D eigenvalue weighted by Crippen LogP contribution is -2.46. The van der Waals surface area contributed by atoms with Crippen molar-refractivity contribution < 1.29 is 17.9 Å². The van der Waals surface area contributed by atoms with Gasteiger partial charge in [-0.2, -0.15) is 17.0 Å². The Bertz CT molecular complexity index is 486. The third-order valence-electron chi connectivity index (χ3n) is 3.45. The van der Waals surface area contributed by atoms with Crippen LogP contribution in [0.3, 0.4) is 0 Å². The van der Waals surface area contributed by atoms with Crippen LogP contribution in [0.25, 0.3) is 0 Å². The van der Waals surface area contributed by atoms with Crippen molar-refractivity contribution in [3.63, 3.8) is 0 Å². The minimum absolute atomic E-state index is 0.0392. The number of furan rings is 1. The van der Waals surface area contributed by atoms with Gasteiger partial charge in [0.05, 0.1) is 12.5 Å². The van der Waals surface area contributed by atoms with Crippen LogP contribution in [0.2, 0.25) is 0 Å². The Morgan fingerprint density at radius 3 is 3.00 bits per heavy atom. The summed E-state index contributed by atoms with van der Waals surface area (Å²) >= 11 is 0. The average Bonchev–Trinajstić information content (AvgIpc) is 2.91. The predicted molar refractivity (Wildman–Crippen MR) is 70.5 cm³/mol. The van der Waals surface area contributed by atoms with Gasteiger partial charge < -0.3 is 9.52 Å². The average molecular weight is 288 g/mol. The van der Waals surface area contributed by atoms with Gasteiger partial charge in [-0.15, -0.1) is 0 Å². The molecule has 108 valence electrons. The normalized spacial score (nSPS) is 21.9. The van der Waals surface area contributed by atoms with E-state index in [4.69, 9.17) is 4.42 Å². The van der Waals surface area contributed by atoms with Crippen molar-refractivity contribution in [1.82, 2.24) is 8.61 Å². The molecule has 1 aliphatic heterocycles. The Morgan fingerprint density at radius 2 is 2.37 bits per heavy atom. The molecule has 1 atom stereocenters. The van der Waals surface area contributed by atoms with Crippen LogP contribution in [0.1, 0.15) is 18.4 Å². The molecule has 0 aliphatic carbocycles. The number of piperidine rings is 1. The summed E-state index contributed by atoms with van der Waals surface area (Å²) < 4.78 is 32.5. The molecular formula is C12H20N2O4S. The van der Waals surface area contributed by atoms with Crippen molar-refractivity contribution in [3.05, 3.63) is 24.2 Å². The molecule has 6 nitrogen and oxygen atoms in total. The van der Waals surface area contributed by atoms with Gasteiger partial charge in [0, 0.05) is 38.9 Å². The highest BCUT2D eigenvalue weighted by Gasteiger charge is 2.31. The summed E-state index contributed by atoms with van der Waals surface area (Å²) in [7, 11) is -1.91. The zero-order chi connectivity index (χ0) is 13.9. The Labute approximate surface area is 113 Å². The van der Waals surface area contributed by atoms with Crippen LogP contribution in [0, 0.1) is 5.92 Å². The summed E-state index contributed by atoms with van der Waals surface area (Å²) in [5.74, 6) is 0.0471. The van der Waals surface area contributed by atoms with Crippen LogP contribution < -0.4 is 0 Å². The lowest BCUT2D eigenvalue weighted by Gasteiger charge is -2.33. The van der Waals surface area contributed by atoms with Gasteiger partial charge in [-0.3, -0.25) is 0 Å². The van der Waals surface area contributed by atoms with Gasteiger partial charge in [-0.25, -0.2) is 0 Å². The van der Waals surface area contributed by atoms with E-state index in [-0.39, 0.29) is 12.5 Å². The first-order chi connectivity index (χ1) is 9.04. The van der Waals surface area contributed by atoms with Crippen LogP contribution >= 0.6 is 0 Å². The van der Waals surface area contributed by atoms with E-state index >= 15 is 0 Å². The first-order valence-corrected chi connectivity index (χ1v) is 7.77. The van der Waals surface area contributed by atoms with E-state index in [0.29, 0.717) is 19.6 Å². The summed E-state index contributed by atoms with van der Waals surface area (Å²) in [6, 6.07) is 1.75. The minimum Gasteiger partial charge on any atom is -0.472 e. The fourth-order valence-electron chi connectivity index (χ4n) is 2.30. The molecule has 19 heavy (non-hydrogen) atoms. The lowest BCUT2D eigenvalue weighted by atomic mass is 10.0. The fraction of sp³-hybridized carbons (Fsp3) is 0.667. The molecule has 1 fully saturated rings. The van der Waals surface area contributed by atoms with Gasteiger partial charge in [-0.05, 0) is 24.8 Å². The number of nitrogens with zero attached hydrogens (tertiary/aromatic N) is 2. The molecule has 1 aliphatic rings. The van der Waals surface area contributed by atoms with Gasteiger partial charge in [0.1, 0.15) is 0 Å². The zero-order valence-electron chi connectivity index (χ0n) is 11.0. The second-order valence-electron chi connectivity index (χ2n) is 4.94. The van der Waals surface area contributed by atoms with Crippen LogP contribution in [0.5, 0.6) is 0 Å². The van der Waals surface area contributed by atoms with Crippen molar-refractivity contribution in [2.75, 3.05) is 26.7 Å². The molecule has 0 aromatic carbocycles. The van der Waals surface area contributed by atoms with E-state index in [0.717, 1.165) is 18.4 Å². The van der Waals surface area contributed by atoms with E-state index in [1.165, 1.54) is 14.9 Å². The lowest BCUT2D eigenvalue weighted by molar-refractivity contribution is 0.161. The molecule has 1 saturated heterocycles. The molecule has 0 spiro atoms. The summed E-state index contributed by atoms with van der Waals surface area (Å²) in [6.45, 7) is 1.25. The number of aliphatic hydroxyl groups is 1. The molecule has 2 rings (SSSR count). The standard InChI is InChI=1S/C12H20N2O4S/c1-13(7-12-4-6-18-10-12)19(16,17)14-5-2-3-11(8-14)9-15/h4,6,10-11,15H,2-3,5,7-9H2,1H3. The molecule has 1 aromatic rings. The van der Waals surface area contributed by atoms with Crippen LogP contribution in [0.4, 0.5) is 0 Å².